The van der Waals surface area contributed by atoms with Crippen molar-refractivity contribution in [1.82, 2.24) is 9.97 Å². The van der Waals surface area contributed by atoms with Gasteiger partial charge in [-0.15, -0.1) is 0 Å². The number of hydrogen-bond donors (Lipinski definition) is 1. The molecule has 0 spiro atoms. The number of morpholine rings is 1. The van der Waals surface area contributed by atoms with Crippen LogP contribution in [0.5, 0.6) is 0 Å². The van der Waals surface area contributed by atoms with Crippen LogP contribution in [-0.4, -0.2) is 35.8 Å². The van der Waals surface area contributed by atoms with Crippen LogP contribution < -0.4 is 10.6 Å². The molecule has 5 nitrogen and oxygen atoms in total. The number of rotatable bonds is 1. The second-order valence-corrected chi connectivity index (χ2v) is 6.25. The molecule has 0 bridgehead atoms. The summed E-state index contributed by atoms with van der Waals surface area (Å²) >= 11 is 0. The minimum absolute atomic E-state index is 0.105. The van der Waals surface area contributed by atoms with E-state index in [-0.39, 0.29) is 5.41 Å². The first kappa shape index (κ1) is 14.1. The summed E-state index contributed by atoms with van der Waals surface area (Å²) < 4.78 is 5.48. The Morgan fingerprint density at radius 2 is 2.00 bits per heavy atom. The predicted octanol–water partition coefficient (Wildman–Crippen LogP) is 1.89. The quantitative estimate of drug-likeness (QED) is 0.839. The van der Waals surface area contributed by atoms with Gasteiger partial charge in [0.15, 0.2) is 0 Å². The van der Waals surface area contributed by atoms with Crippen molar-refractivity contribution in [3.05, 3.63) is 11.4 Å². The maximum Gasteiger partial charge on any atom is 0.138 e. The molecule has 106 valence electrons. The first-order valence-corrected chi connectivity index (χ1v) is 6.79. The van der Waals surface area contributed by atoms with Crippen molar-refractivity contribution in [2.45, 2.75) is 46.1 Å². The first-order valence-electron chi connectivity index (χ1n) is 6.79. The van der Waals surface area contributed by atoms with Crippen LogP contribution >= 0.6 is 0 Å². The van der Waals surface area contributed by atoms with E-state index in [0.717, 1.165) is 37.0 Å². The standard InChI is InChI=1S/C14H24N4O/c1-9-8-19-7-6-18(9)12-10(2)11(15)16-13(17-12)14(3,4)5/h9H,6-8H2,1-5H3,(H2,15,16,17). The van der Waals surface area contributed by atoms with Crippen molar-refractivity contribution in [3.63, 3.8) is 0 Å². The van der Waals surface area contributed by atoms with Crippen LogP contribution in [0.4, 0.5) is 11.6 Å². The smallest absolute Gasteiger partial charge is 0.138 e. The molecular weight excluding hydrogens is 240 g/mol. The molecule has 2 heterocycles. The molecule has 0 aromatic carbocycles. The van der Waals surface area contributed by atoms with E-state index in [4.69, 9.17) is 15.5 Å². The molecule has 1 atom stereocenters. The Kier molecular flexibility index (Phi) is 3.67. The molecule has 2 rings (SSSR count). The van der Waals surface area contributed by atoms with Gasteiger partial charge in [0.05, 0.1) is 19.3 Å². The molecule has 1 aliphatic heterocycles. The van der Waals surface area contributed by atoms with E-state index < -0.39 is 0 Å². The lowest BCUT2D eigenvalue weighted by Crippen LogP contribution is -2.45. The third kappa shape index (κ3) is 2.81. The number of hydrogen-bond acceptors (Lipinski definition) is 5. The van der Waals surface area contributed by atoms with E-state index in [2.05, 4.69) is 37.6 Å². The zero-order valence-corrected chi connectivity index (χ0v) is 12.5. The summed E-state index contributed by atoms with van der Waals surface area (Å²) in [5, 5.41) is 0. The fourth-order valence-corrected chi connectivity index (χ4v) is 2.18. The number of nitrogens with zero attached hydrogens (tertiary/aromatic N) is 3. The molecule has 19 heavy (non-hydrogen) atoms. The highest BCUT2D eigenvalue weighted by Crippen LogP contribution is 2.28. The highest BCUT2D eigenvalue weighted by molar-refractivity contribution is 5.57. The van der Waals surface area contributed by atoms with Gasteiger partial charge in [0, 0.05) is 17.5 Å². The largest absolute Gasteiger partial charge is 0.383 e. The van der Waals surface area contributed by atoms with Gasteiger partial charge in [0.25, 0.3) is 0 Å². The van der Waals surface area contributed by atoms with Crippen LogP contribution in [-0.2, 0) is 10.2 Å². The summed E-state index contributed by atoms with van der Waals surface area (Å²) in [6, 6.07) is 0.314. The Bertz CT molecular complexity index is 467. The van der Waals surface area contributed by atoms with Gasteiger partial charge in [-0.1, -0.05) is 20.8 Å². The van der Waals surface area contributed by atoms with Crippen LogP contribution in [0.1, 0.15) is 39.1 Å². The van der Waals surface area contributed by atoms with Gasteiger partial charge in [-0.3, -0.25) is 0 Å². The lowest BCUT2D eigenvalue weighted by atomic mass is 9.95. The number of ether oxygens (including phenoxy) is 1. The number of anilines is 2. The van der Waals surface area contributed by atoms with E-state index in [1.54, 1.807) is 0 Å². The second-order valence-electron chi connectivity index (χ2n) is 6.25. The SMILES string of the molecule is Cc1c(N)nc(C(C)(C)C)nc1N1CCOCC1C. The van der Waals surface area contributed by atoms with Crippen LogP contribution in [0, 0.1) is 6.92 Å². The summed E-state index contributed by atoms with van der Waals surface area (Å²) in [5.74, 6) is 2.33. The van der Waals surface area contributed by atoms with Gasteiger partial charge in [-0.2, -0.15) is 0 Å². The Labute approximate surface area is 115 Å². The van der Waals surface area contributed by atoms with Gasteiger partial charge in [0.1, 0.15) is 17.5 Å². The van der Waals surface area contributed by atoms with Crippen molar-refractivity contribution < 1.29 is 4.74 Å². The fourth-order valence-electron chi connectivity index (χ4n) is 2.18. The van der Waals surface area contributed by atoms with Crippen molar-refractivity contribution in [2.75, 3.05) is 30.4 Å². The monoisotopic (exact) mass is 264 g/mol. The molecular formula is C14H24N4O. The molecule has 1 aromatic heterocycles. The predicted molar refractivity (Wildman–Crippen MR) is 77.5 cm³/mol. The number of nitrogen functional groups attached to an aromatic ring is 1. The molecule has 5 heteroatoms. The number of nitrogens with two attached hydrogens (primary N) is 1. The zero-order valence-electron chi connectivity index (χ0n) is 12.5. The molecule has 0 aliphatic carbocycles. The second kappa shape index (κ2) is 4.96. The summed E-state index contributed by atoms with van der Waals surface area (Å²) in [5.41, 5.74) is 6.92. The molecule has 0 radical (unpaired) electrons. The normalized spacial score (nSPS) is 20.7. The summed E-state index contributed by atoms with van der Waals surface area (Å²) in [7, 11) is 0. The summed E-state index contributed by atoms with van der Waals surface area (Å²) in [4.78, 5) is 11.5. The van der Waals surface area contributed by atoms with Crippen LogP contribution in [0.2, 0.25) is 0 Å². The third-order valence-electron chi connectivity index (χ3n) is 3.47. The Morgan fingerprint density at radius 1 is 1.32 bits per heavy atom. The Balaban J connectivity index is 2.46. The average molecular weight is 264 g/mol. The van der Waals surface area contributed by atoms with E-state index in [0.29, 0.717) is 11.9 Å². The van der Waals surface area contributed by atoms with E-state index in [9.17, 15) is 0 Å². The summed E-state index contributed by atoms with van der Waals surface area (Å²) in [6.07, 6.45) is 0. The van der Waals surface area contributed by atoms with Crippen molar-refractivity contribution in [1.29, 1.82) is 0 Å². The molecule has 0 amide bonds. The third-order valence-corrected chi connectivity index (χ3v) is 3.47. The maximum atomic E-state index is 6.06. The van der Waals surface area contributed by atoms with Gasteiger partial charge >= 0.3 is 0 Å². The molecule has 1 saturated heterocycles. The van der Waals surface area contributed by atoms with E-state index >= 15 is 0 Å². The Hall–Kier alpha value is -1.36. The van der Waals surface area contributed by atoms with Gasteiger partial charge in [-0.25, -0.2) is 9.97 Å². The average Bonchev–Trinajstić information content (AvgIpc) is 2.32. The first-order chi connectivity index (χ1) is 8.80. The fraction of sp³-hybridized carbons (Fsp3) is 0.714. The van der Waals surface area contributed by atoms with E-state index in [1.165, 1.54) is 0 Å². The number of aromatic nitrogens is 2. The molecule has 0 saturated carbocycles. The van der Waals surface area contributed by atoms with Crippen LogP contribution in [0.15, 0.2) is 0 Å². The summed E-state index contributed by atoms with van der Waals surface area (Å²) in [6.45, 7) is 12.7. The van der Waals surface area contributed by atoms with Crippen LogP contribution in [0.3, 0.4) is 0 Å². The van der Waals surface area contributed by atoms with Crippen LogP contribution in [0.25, 0.3) is 0 Å². The van der Waals surface area contributed by atoms with Crippen molar-refractivity contribution >= 4 is 11.6 Å². The van der Waals surface area contributed by atoms with E-state index in [1.807, 2.05) is 6.92 Å². The lowest BCUT2D eigenvalue weighted by Gasteiger charge is -2.36. The highest BCUT2D eigenvalue weighted by Gasteiger charge is 2.26. The van der Waals surface area contributed by atoms with Gasteiger partial charge < -0.3 is 15.4 Å². The molecule has 1 fully saturated rings. The maximum absolute atomic E-state index is 6.06. The minimum atomic E-state index is -0.105. The Morgan fingerprint density at radius 3 is 2.58 bits per heavy atom. The topological polar surface area (TPSA) is 64.3 Å². The highest BCUT2D eigenvalue weighted by atomic mass is 16.5. The van der Waals surface area contributed by atoms with Gasteiger partial charge in [0.2, 0.25) is 0 Å². The molecule has 1 aliphatic rings. The lowest BCUT2D eigenvalue weighted by molar-refractivity contribution is 0.0984. The minimum Gasteiger partial charge on any atom is -0.383 e. The molecule has 2 N–H and O–H groups in total. The zero-order chi connectivity index (χ0) is 14.2. The molecule has 1 unspecified atom stereocenters. The van der Waals surface area contributed by atoms with Gasteiger partial charge in [-0.05, 0) is 13.8 Å². The molecule has 1 aromatic rings. The van der Waals surface area contributed by atoms with Crippen molar-refractivity contribution in [3.8, 4) is 0 Å². The van der Waals surface area contributed by atoms with Crippen molar-refractivity contribution in [2.24, 2.45) is 0 Å².